The summed E-state index contributed by atoms with van der Waals surface area (Å²) in [6, 6.07) is -1.13. The molecule has 5 unspecified atom stereocenters. The molecule has 214 valence electrons. The van der Waals surface area contributed by atoms with E-state index in [2.05, 4.69) is 26.2 Å². The number of amides is 2. The Balaban J connectivity index is 1.96. The molecule has 2 rings (SSSR count). The van der Waals surface area contributed by atoms with Crippen molar-refractivity contribution in [3.8, 4) is 0 Å². The average molecular weight is 531 g/mol. The third kappa shape index (κ3) is 9.75. The van der Waals surface area contributed by atoms with E-state index in [-0.39, 0.29) is 24.9 Å². The summed E-state index contributed by atoms with van der Waals surface area (Å²) in [6.07, 6.45) is 0.850. The SMILES string of the molecule is CCC(F)CNC(C)C(C(=O)NC1=CNCC(F)C1N1CCC(C(=O)NCCCN(C)C)CC1)C(N)N. The number of likely N-dealkylation sites (tertiary alicyclic amines) is 1. The van der Waals surface area contributed by atoms with E-state index in [1.165, 1.54) is 0 Å². The van der Waals surface area contributed by atoms with Gasteiger partial charge in [0.2, 0.25) is 11.8 Å². The Kier molecular flexibility index (Phi) is 13.2. The maximum Gasteiger partial charge on any atom is 0.231 e. The topological polar surface area (TPSA) is 141 Å². The number of nitrogens with two attached hydrogens (primary N) is 2. The number of rotatable bonds is 14. The molecule has 0 radical (unpaired) electrons. The summed E-state index contributed by atoms with van der Waals surface area (Å²) in [6.45, 7) is 6.33. The number of hydrogen-bond acceptors (Lipinski definition) is 8. The third-order valence-electron chi connectivity index (χ3n) is 7.23. The van der Waals surface area contributed by atoms with E-state index in [9.17, 15) is 14.0 Å². The first-order chi connectivity index (χ1) is 17.5. The molecular weight excluding hydrogens is 482 g/mol. The lowest BCUT2D eigenvalue weighted by Crippen LogP contribution is -2.59. The Morgan fingerprint density at radius 2 is 1.95 bits per heavy atom. The van der Waals surface area contributed by atoms with Gasteiger partial charge in [-0.2, -0.15) is 0 Å². The number of carbonyl (C=O) groups is 2. The molecule has 0 aromatic carbocycles. The summed E-state index contributed by atoms with van der Waals surface area (Å²) in [5.74, 6) is -1.34. The summed E-state index contributed by atoms with van der Waals surface area (Å²) in [7, 11) is 4.00. The van der Waals surface area contributed by atoms with Crippen molar-refractivity contribution in [2.45, 2.75) is 70.1 Å². The summed E-state index contributed by atoms with van der Waals surface area (Å²) in [5, 5.41) is 11.7. The molecule has 0 aliphatic carbocycles. The fourth-order valence-electron chi connectivity index (χ4n) is 4.95. The molecule has 10 nitrogen and oxygen atoms in total. The molecule has 1 saturated heterocycles. The Hall–Kier alpha value is -1.86. The summed E-state index contributed by atoms with van der Waals surface area (Å²) < 4.78 is 28.8. The second-order valence-electron chi connectivity index (χ2n) is 10.5. The van der Waals surface area contributed by atoms with Crippen LogP contribution in [0.5, 0.6) is 0 Å². The second-order valence-corrected chi connectivity index (χ2v) is 10.5. The van der Waals surface area contributed by atoms with E-state index in [0.29, 0.717) is 44.6 Å². The predicted octanol–water partition coefficient (Wildman–Crippen LogP) is -0.380. The molecule has 8 N–H and O–H groups in total. The van der Waals surface area contributed by atoms with Gasteiger partial charge in [-0.3, -0.25) is 14.5 Å². The van der Waals surface area contributed by atoms with Gasteiger partial charge in [-0.1, -0.05) is 6.92 Å². The first kappa shape index (κ1) is 31.4. The zero-order chi connectivity index (χ0) is 27.5. The largest absolute Gasteiger partial charge is 0.386 e. The molecule has 12 heteroatoms. The molecular formula is C25H48F2N8O2. The van der Waals surface area contributed by atoms with Crippen LogP contribution in [0.25, 0.3) is 0 Å². The monoisotopic (exact) mass is 530 g/mol. The molecule has 2 aliphatic rings. The van der Waals surface area contributed by atoms with Crippen LogP contribution < -0.4 is 32.7 Å². The normalized spacial score (nSPS) is 23.8. The lowest BCUT2D eigenvalue weighted by molar-refractivity contribution is -0.126. The minimum absolute atomic E-state index is 0.0458. The molecule has 0 saturated carbocycles. The number of hydrogen-bond donors (Lipinski definition) is 6. The van der Waals surface area contributed by atoms with Crippen LogP contribution in [0.1, 0.15) is 39.5 Å². The van der Waals surface area contributed by atoms with Crippen molar-refractivity contribution in [1.82, 2.24) is 31.1 Å². The van der Waals surface area contributed by atoms with Crippen molar-refractivity contribution in [1.29, 1.82) is 0 Å². The predicted molar refractivity (Wildman–Crippen MR) is 142 cm³/mol. The molecule has 1 fully saturated rings. The van der Waals surface area contributed by atoms with Crippen molar-refractivity contribution in [3.05, 3.63) is 11.9 Å². The Labute approximate surface area is 220 Å². The van der Waals surface area contributed by atoms with E-state index in [1.54, 1.807) is 20.0 Å². The zero-order valence-corrected chi connectivity index (χ0v) is 22.8. The summed E-state index contributed by atoms with van der Waals surface area (Å²) >= 11 is 0. The van der Waals surface area contributed by atoms with Crippen LogP contribution in [0.2, 0.25) is 0 Å². The van der Waals surface area contributed by atoms with E-state index < -0.39 is 42.4 Å². The first-order valence-electron chi connectivity index (χ1n) is 13.5. The van der Waals surface area contributed by atoms with E-state index in [1.807, 2.05) is 19.0 Å². The van der Waals surface area contributed by atoms with Gasteiger partial charge in [0, 0.05) is 37.8 Å². The lowest BCUT2D eigenvalue weighted by Gasteiger charge is -2.41. The minimum atomic E-state index is -1.24. The van der Waals surface area contributed by atoms with Crippen molar-refractivity contribution < 1.29 is 18.4 Å². The van der Waals surface area contributed by atoms with Crippen molar-refractivity contribution in [2.75, 3.05) is 53.4 Å². The third-order valence-corrected chi connectivity index (χ3v) is 7.23. The molecule has 37 heavy (non-hydrogen) atoms. The van der Waals surface area contributed by atoms with Gasteiger partial charge in [0.1, 0.15) is 12.3 Å². The van der Waals surface area contributed by atoms with Gasteiger partial charge in [0.05, 0.1) is 23.8 Å². The van der Waals surface area contributed by atoms with Gasteiger partial charge in [-0.15, -0.1) is 0 Å². The first-order valence-corrected chi connectivity index (χ1v) is 13.5. The Morgan fingerprint density at radius 1 is 1.27 bits per heavy atom. The van der Waals surface area contributed by atoms with Crippen LogP contribution in [-0.4, -0.2) is 106 Å². The molecule has 0 bridgehead atoms. The molecule has 5 atom stereocenters. The standard InChI is InChI=1S/C25H48F2N8O2/c1-5-18(26)13-32-16(2)21(23(28)29)25(37)33-20-15-30-14-19(27)22(20)35-11-7-17(8-12-35)24(36)31-9-6-10-34(3)4/h15-19,21-23,30,32H,5-14,28-29H2,1-4H3,(H,31,36)(H,33,37). The number of nitrogens with one attached hydrogen (secondary N) is 4. The summed E-state index contributed by atoms with van der Waals surface area (Å²) in [4.78, 5) is 29.8. The Bertz CT molecular complexity index is 746. The van der Waals surface area contributed by atoms with Crippen LogP contribution >= 0.6 is 0 Å². The van der Waals surface area contributed by atoms with Crippen LogP contribution in [0.15, 0.2) is 11.9 Å². The maximum atomic E-state index is 15.1. The van der Waals surface area contributed by atoms with E-state index in [0.717, 1.165) is 13.0 Å². The highest BCUT2D eigenvalue weighted by Crippen LogP contribution is 2.26. The fraction of sp³-hybridized carbons (Fsp3) is 0.840. The van der Waals surface area contributed by atoms with E-state index in [4.69, 9.17) is 11.5 Å². The smallest absolute Gasteiger partial charge is 0.231 e. The molecule has 2 amide bonds. The van der Waals surface area contributed by atoms with Gasteiger partial charge in [0.15, 0.2) is 0 Å². The van der Waals surface area contributed by atoms with Crippen LogP contribution in [-0.2, 0) is 9.59 Å². The van der Waals surface area contributed by atoms with Crippen molar-refractivity contribution in [2.24, 2.45) is 23.3 Å². The number of nitrogens with zero attached hydrogens (tertiary/aromatic N) is 2. The lowest BCUT2D eigenvalue weighted by atomic mass is 9.92. The number of halogens is 2. The average Bonchev–Trinajstić information content (AvgIpc) is 2.85. The fourth-order valence-corrected chi connectivity index (χ4v) is 4.95. The van der Waals surface area contributed by atoms with Gasteiger partial charge in [-0.25, -0.2) is 8.78 Å². The highest BCUT2D eigenvalue weighted by atomic mass is 19.1. The van der Waals surface area contributed by atoms with Crippen molar-refractivity contribution in [3.63, 3.8) is 0 Å². The van der Waals surface area contributed by atoms with Crippen LogP contribution in [0.3, 0.4) is 0 Å². The molecule has 2 heterocycles. The molecule has 0 aromatic heterocycles. The van der Waals surface area contributed by atoms with Gasteiger partial charge < -0.3 is 37.6 Å². The van der Waals surface area contributed by atoms with Crippen LogP contribution in [0.4, 0.5) is 8.78 Å². The van der Waals surface area contributed by atoms with E-state index >= 15 is 4.39 Å². The Morgan fingerprint density at radius 3 is 2.54 bits per heavy atom. The summed E-state index contributed by atoms with van der Waals surface area (Å²) in [5.41, 5.74) is 12.2. The number of carbonyl (C=O) groups excluding carboxylic acids is 2. The highest BCUT2D eigenvalue weighted by molar-refractivity contribution is 5.82. The molecule has 0 spiro atoms. The zero-order valence-electron chi connectivity index (χ0n) is 22.8. The quantitative estimate of drug-likeness (QED) is 0.132. The minimum Gasteiger partial charge on any atom is -0.386 e. The number of piperidine rings is 1. The number of alkyl halides is 2. The maximum absolute atomic E-state index is 15.1. The second kappa shape index (κ2) is 15.5. The van der Waals surface area contributed by atoms with Crippen LogP contribution in [0, 0.1) is 11.8 Å². The van der Waals surface area contributed by atoms with Crippen molar-refractivity contribution >= 4 is 11.8 Å². The molecule has 2 aliphatic heterocycles. The highest BCUT2D eigenvalue weighted by Gasteiger charge is 2.39. The van der Waals surface area contributed by atoms with Gasteiger partial charge in [-0.05, 0) is 66.3 Å². The molecule has 0 aromatic rings. The van der Waals surface area contributed by atoms with Gasteiger partial charge in [0.25, 0.3) is 0 Å². The van der Waals surface area contributed by atoms with Gasteiger partial charge >= 0.3 is 0 Å².